The van der Waals surface area contributed by atoms with Crippen molar-refractivity contribution in [3.63, 3.8) is 0 Å². The van der Waals surface area contributed by atoms with Crippen molar-refractivity contribution in [1.29, 1.82) is 0 Å². The maximum atomic E-state index is 12.3. The second kappa shape index (κ2) is 8.52. The van der Waals surface area contributed by atoms with Crippen LogP contribution in [0.25, 0.3) is 0 Å². The Hall–Kier alpha value is -1.30. The number of urea groups is 1. The molecule has 0 aromatic carbocycles. The zero-order valence-electron chi connectivity index (χ0n) is 14.9. The zero-order chi connectivity index (χ0) is 16.8. The molecule has 6 heteroatoms. The number of hydrogen-bond donors (Lipinski definition) is 1. The van der Waals surface area contributed by atoms with E-state index in [1.165, 1.54) is 19.3 Å². The topological polar surface area (TPSA) is 55.9 Å². The quantitative estimate of drug-likeness (QED) is 0.850. The first-order chi connectivity index (χ1) is 11.0. The van der Waals surface area contributed by atoms with Gasteiger partial charge in [-0.15, -0.1) is 0 Å². The van der Waals surface area contributed by atoms with Gasteiger partial charge in [0.25, 0.3) is 0 Å². The minimum Gasteiger partial charge on any atom is -0.355 e. The van der Waals surface area contributed by atoms with Crippen LogP contribution in [0.2, 0.25) is 0 Å². The fourth-order valence-electron chi connectivity index (χ4n) is 3.57. The first-order valence-corrected chi connectivity index (χ1v) is 8.97. The molecular weight excluding hydrogens is 292 g/mol. The molecule has 0 saturated carbocycles. The van der Waals surface area contributed by atoms with Gasteiger partial charge in [-0.1, -0.05) is 6.42 Å². The summed E-state index contributed by atoms with van der Waals surface area (Å²) in [6, 6.07) is 0.684. The summed E-state index contributed by atoms with van der Waals surface area (Å²) < 4.78 is 0. The Morgan fingerprint density at radius 3 is 2.39 bits per heavy atom. The van der Waals surface area contributed by atoms with Gasteiger partial charge in [-0.2, -0.15) is 0 Å². The number of likely N-dealkylation sites (tertiary alicyclic amines) is 2. The van der Waals surface area contributed by atoms with E-state index >= 15 is 0 Å². The van der Waals surface area contributed by atoms with Gasteiger partial charge in [-0.25, -0.2) is 4.79 Å². The molecule has 3 amide bonds. The van der Waals surface area contributed by atoms with Crippen molar-refractivity contribution in [2.45, 2.75) is 45.1 Å². The highest BCUT2D eigenvalue weighted by molar-refractivity contribution is 5.79. The number of hydrogen-bond acceptors (Lipinski definition) is 3. The molecule has 1 atom stereocenters. The van der Waals surface area contributed by atoms with Crippen LogP contribution in [0.4, 0.5) is 4.79 Å². The smallest absolute Gasteiger partial charge is 0.319 e. The second-order valence-corrected chi connectivity index (χ2v) is 7.11. The number of carbonyl (C=O) groups is 2. The van der Waals surface area contributed by atoms with Crippen LogP contribution >= 0.6 is 0 Å². The third-order valence-corrected chi connectivity index (χ3v) is 5.16. The summed E-state index contributed by atoms with van der Waals surface area (Å²) in [6.07, 6.45) is 5.41. The molecule has 132 valence electrons. The molecule has 2 aliphatic heterocycles. The van der Waals surface area contributed by atoms with Crippen LogP contribution in [0, 0.1) is 5.92 Å². The molecule has 2 fully saturated rings. The predicted octanol–water partition coefficient (Wildman–Crippen LogP) is 1.37. The van der Waals surface area contributed by atoms with Gasteiger partial charge in [0.2, 0.25) is 5.91 Å². The molecule has 2 aliphatic rings. The average Bonchev–Trinajstić information content (AvgIpc) is 2.56. The van der Waals surface area contributed by atoms with E-state index in [0.29, 0.717) is 19.1 Å². The Bertz CT molecular complexity index is 405. The summed E-state index contributed by atoms with van der Waals surface area (Å²) in [5.74, 6) is 0.214. The first-order valence-electron chi connectivity index (χ1n) is 8.97. The van der Waals surface area contributed by atoms with E-state index in [0.717, 1.165) is 32.5 Å². The molecule has 2 heterocycles. The third kappa shape index (κ3) is 5.09. The molecule has 0 aliphatic carbocycles. The van der Waals surface area contributed by atoms with Crippen LogP contribution in [0.3, 0.4) is 0 Å². The summed E-state index contributed by atoms with van der Waals surface area (Å²) in [7, 11) is 3.53. The highest BCUT2D eigenvalue weighted by atomic mass is 16.2. The van der Waals surface area contributed by atoms with Crippen LogP contribution in [-0.4, -0.2) is 79.5 Å². The standard InChI is InChI=1S/C17H32N4O2/c1-14-6-4-5-10-20(14)13-9-18-16(22)15-7-11-21(12-8-15)17(23)19(2)3/h14-15H,4-13H2,1-3H3,(H,18,22)/t14-/m1/s1. The monoisotopic (exact) mass is 324 g/mol. The first kappa shape index (κ1) is 18.0. The number of piperidine rings is 2. The fraction of sp³-hybridized carbons (Fsp3) is 0.882. The molecule has 6 nitrogen and oxygen atoms in total. The predicted molar refractivity (Wildman–Crippen MR) is 91.3 cm³/mol. The molecule has 0 aromatic rings. The van der Waals surface area contributed by atoms with Gasteiger partial charge < -0.3 is 15.1 Å². The lowest BCUT2D eigenvalue weighted by atomic mass is 9.96. The van der Waals surface area contributed by atoms with Crippen molar-refractivity contribution in [1.82, 2.24) is 20.0 Å². The largest absolute Gasteiger partial charge is 0.355 e. The van der Waals surface area contributed by atoms with Gasteiger partial charge >= 0.3 is 6.03 Å². The van der Waals surface area contributed by atoms with Crippen LogP contribution in [0.15, 0.2) is 0 Å². The Labute approximate surface area is 140 Å². The Morgan fingerprint density at radius 1 is 1.09 bits per heavy atom. The molecule has 23 heavy (non-hydrogen) atoms. The lowest BCUT2D eigenvalue weighted by molar-refractivity contribution is -0.126. The van der Waals surface area contributed by atoms with E-state index in [1.54, 1.807) is 19.0 Å². The summed E-state index contributed by atoms with van der Waals surface area (Å²) in [5, 5.41) is 3.09. The lowest BCUT2D eigenvalue weighted by Crippen LogP contribution is -2.47. The Balaban J connectivity index is 1.66. The number of nitrogens with zero attached hydrogens (tertiary/aromatic N) is 3. The van der Waals surface area contributed by atoms with E-state index in [4.69, 9.17) is 0 Å². The van der Waals surface area contributed by atoms with E-state index < -0.39 is 0 Å². The maximum Gasteiger partial charge on any atom is 0.319 e. The SMILES string of the molecule is C[C@@H]1CCCCN1CCNC(=O)C1CCN(C(=O)N(C)C)CC1. The van der Waals surface area contributed by atoms with Crippen LogP contribution in [0.1, 0.15) is 39.0 Å². The van der Waals surface area contributed by atoms with Crippen molar-refractivity contribution in [3.05, 3.63) is 0 Å². The summed E-state index contributed by atoms with van der Waals surface area (Å²) in [4.78, 5) is 30.1. The van der Waals surface area contributed by atoms with Gasteiger partial charge in [0.15, 0.2) is 0 Å². The number of rotatable bonds is 4. The number of carbonyl (C=O) groups excluding carboxylic acids is 2. The normalized spacial score (nSPS) is 23.6. The minimum atomic E-state index is 0.0444. The molecule has 0 spiro atoms. The molecule has 0 aromatic heterocycles. The van der Waals surface area contributed by atoms with Gasteiger partial charge in [0.1, 0.15) is 0 Å². The van der Waals surface area contributed by atoms with E-state index in [-0.39, 0.29) is 17.9 Å². The molecule has 0 bridgehead atoms. The van der Waals surface area contributed by atoms with Crippen molar-refractivity contribution < 1.29 is 9.59 Å². The van der Waals surface area contributed by atoms with Gasteiger partial charge in [0, 0.05) is 52.2 Å². The minimum absolute atomic E-state index is 0.0444. The van der Waals surface area contributed by atoms with Crippen molar-refractivity contribution in [2.75, 3.05) is 46.8 Å². The number of nitrogens with one attached hydrogen (secondary N) is 1. The van der Waals surface area contributed by atoms with Crippen molar-refractivity contribution in [3.8, 4) is 0 Å². The maximum absolute atomic E-state index is 12.3. The fourth-order valence-corrected chi connectivity index (χ4v) is 3.57. The Kier molecular flexibility index (Phi) is 6.69. The molecular formula is C17H32N4O2. The van der Waals surface area contributed by atoms with E-state index in [2.05, 4.69) is 17.1 Å². The van der Waals surface area contributed by atoms with Gasteiger partial charge in [0.05, 0.1) is 0 Å². The second-order valence-electron chi connectivity index (χ2n) is 7.11. The van der Waals surface area contributed by atoms with Crippen LogP contribution < -0.4 is 5.32 Å². The number of amides is 3. The third-order valence-electron chi connectivity index (χ3n) is 5.16. The Morgan fingerprint density at radius 2 is 1.78 bits per heavy atom. The molecule has 2 rings (SSSR count). The van der Waals surface area contributed by atoms with Gasteiger partial charge in [-0.3, -0.25) is 9.69 Å². The van der Waals surface area contributed by atoms with Gasteiger partial charge in [-0.05, 0) is 39.2 Å². The molecule has 0 unspecified atom stereocenters. The van der Waals surface area contributed by atoms with Crippen LogP contribution in [0.5, 0.6) is 0 Å². The molecule has 1 N–H and O–H groups in total. The summed E-state index contributed by atoms with van der Waals surface area (Å²) in [5.41, 5.74) is 0. The highest BCUT2D eigenvalue weighted by Crippen LogP contribution is 2.18. The van der Waals surface area contributed by atoms with E-state index in [9.17, 15) is 9.59 Å². The van der Waals surface area contributed by atoms with Crippen LogP contribution in [-0.2, 0) is 4.79 Å². The lowest BCUT2D eigenvalue weighted by Gasteiger charge is -2.34. The summed E-state index contributed by atoms with van der Waals surface area (Å²) in [6.45, 7) is 6.47. The molecule has 2 saturated heterocycles. The average molecular weight is 324 g/mol. The molecule has 0 radical (unpaired) electrons. The van der Waals surface area contributed by atoms with Crippen molar-refractivity contribution in [2.24, 2.45) is 5.92 Å². The van der Waals surface area contributed by atoms with Crippen molar-refractivity contribution >= 4 is 11.9 Å². The highest BCUT2D eigenvalue weighted by Gasteiger charge is 2.28. The summed E-state index contributed by atoms with van der Waals surface area (Å²) >= 11 is 0. The van der Waals surface area contributed by atoms with E-state index in [1.807, 2.05) is 4.90 Å². The zero-order valence-corrected chi connectivity index (χ0v) is 14.9.